The van der Waals surface area contributed by atoms with Crippen LogP contribution < -0.4 is 5.69 Å². The van der Waals surface area contributed by atoms with Crippen molar-refractivity contribution in [2.24, 2.45) is 0 Å². The van der Waals surface area contributed by atoms with E-state index < -0.39 is 48.1 Å². The largest absolute Gasteiger partial charge is 0.463 e. The third-order valence-corrected chi connectivity index (χ3v) is 4.29. The van der Waals surface area contributed by atoms with Crippen molar-refractivity contribution in [2.75, 3.05) is 6.61 Å². The van der Waals surface area contributed by atoms with Crippen molar-refractivity contribution in [1.82, 2.24) is 19.5 Å². The highest BCUT2D eigenvalue weighted by atomic mass is 35.5. The molecule has 1 aliphatic rings. The van der Waals surface area contributed by atoms with Crippen molar-refractivity contribution in [3.63, 3.8) is 0 Å². The quantitative estimate of drug-likeness (QED) is 0.394. The van der Waals surface area contributed by atoms with Crippen LogP contribution in [0.15, 0.2) is 11.1 Å². The van der Waals surface area contributed by atoms with E-state index in [9.17, 15) is 19.2 Å². The average Bonchev–Trinajstić information content (AvgIpc) is 3.15. The molecule has 13 heteroatoms. The highest BCUT2D eigenvalue weighted by molar-refractivity contribution is 6.33. The molecule has 156 valence electrons. The average molecular weight is 429 g/mol. The second-order valence-corrected chi connectivity index (χ2v) is 6.57. The maximum Gasteiger partial charge on any atom is 0.348 e. The first kappa shape index (κ1) is 20.7. The molecule has 0 saturated carbocycles. The zero-order chi connectivity index (χ0) is 21.3. The Kier molecular flexibility index (Phi) is 5.84. The van der Waals surface area contributed by atoms with E-state index >= 15 is 0 Å². The summed E-state index contributed by atoms with van der Waals surface area (Å²) < 4.78 is 22.8. The maximum atomic E-state index is 11.7. The maximum absolute atomic E-state index is 11.7. The van der Waals surface area contributed by atoms with E-state index in [-0.39, 0.29) is 22.9 Å². The smallest absolute Gasteiger partial charge is 0.348 e. The number of nitrogens with one attached hydrogen (secondary N) is 1. The number of halogens is 1. The van der Waals surface area contributed by atoms with Crippen LogP contribution in [0.2, 0.25) is 5.15 Å². The Morgan fingerprint density at radius 1 is 1.17 bits per heavy atom. The van der Waals surface area contributed by atoms with Crippen LogP contribution in [-0.2, 0) is 33.3 Å². The molecule has 0 aromatic carbocycles. The van der Waals surface area contributed by atoms with Crippen LogP contribution >= 0.6 is 11.6 Å². The van der Waals surface area contributed by atoms with E-state index in [1.807, 2.05) is 0 Å². The highest BCUT2D eigenvalue weighted by Gasteiger charge is 2.51. The summed E-state index contributed by atoms with van der Waals surface area (Å²) in [5.74, 6) is -1.89. The molecule has 1 aliphatic heterocycles. The first-order valence-electron chi connectivity index (χ1n) is 8.43. The minimum atomic E-state index is -1.13. The van der Waals surface area contributed by atoms with Gasteiger partial charge in [0.15, 0.2) is 24.1 Å². The monoisotopic (exact) mass is 428 g/mol. The number of fused-ring (bicyclic) bond motifs is 1. The van der Waals surface area contributed by atoms with Gasteiger partial charge >= 0.3 is 23.6 Å². The van der Waals surface area contributed by atoms with Gasteiger partial charge in [-0.25, -0.2) is 9.78 Å². The molecular formula is C16H17ClN4O8. The number of aromatic amines is 1. The van der Waals surface area contributed by atoms with Crippen molar-refractivity contribution in [1.29, 1.82) is 0 Å². The number of hydrogen-bond donors (Lipinski definition) is 1. The summed E-state index contributed by atoms with van der Waals surface area (Å²) in [6.07, 6.45) is -2.96. The number of H-pyrrole nitrogens is 1. The van der Waals surface area contributed by atoms with Crippen LogP contribution in [0.1, 0.15) is 27.0 Å². The Bertz CT molecular complexity index is 1020. The molecule has 3 rings (SSSR count). The van der Waals surface area contributed by atoms with Crippen molar-refractivity contribution in [3.05, 3.63) is 22.0 Å². The number of esters is 3. The van der Waals surface area contributed by atoms with Gasteiger partial charge < -0.3 is 18.9 Å². The molecule has 4 atom stereocenters. The number of rotatable bonds is 5. The lowest BCUT2D eigenvalue weighted by Crippen LogP contribution is -2.40. The molecule has 0 amide bonds. The molecule has 1 N–H and O–H groups in total. The summed E-state index contributed by atoms with van der Waals surface area (Å²) in [6, 6.07) is 0. The van der Waals surface area contributed by atoms with Gasteiger partial charge in [-0.05, 0) is 0 Å². The molecule has 3 heterocycles. The SMILES string of the molecule is CC(=O)OC[C@H]1O[C@@H](n2cnc3c(Cl)[nH]c(=O)nc32)[C@@H](OC(C)=O)C1OC(C)=O. The number of hydrogen-bond acceptors (Lipinski definition) is 10. The summed E-state index contributed by atoms with van der Waals surface area (Å²) in [4.78, 5) is 56.4. The van der Waals surface area contributed by atoms with Gasteiger partial charge in [-0.2, -0.15) is 4.98 Å². The van der Waals surface area contributed by atoms with E-state index in [1.54, 1.807) is 0 Å². The molecule has 2 aromatic heterocycles. The van der Waals surface area contributed by atoms with E-state index in [2.05, 4.69) is 15.0 Å². The molecule has 1 unspecified atom stereocenters. The van der Waals surface area contributed by atoms with Gasteiger partial charge in [0, 0.05) is 20.8 Å². The number of imidazole rings is 1. The minimum Gasteiger partial charge on any atom is -0.463 e. The second-order valence-electron chi connectivity index (χ2n) is 6.20. The number of carbonyl (C=O) groups is 3. The lowest BCUT2D eigenvalue weighted by Gasteiger charge is -2.23. The minimum absolute atomic E-state index is 0.0335. The Labute approximate surface area is 168 Å². The van der Waals surface area contributed by atoms with E-state index in [0.29, 0.717) is 0 Å². The third-order valence-electron chi connectivity index (χ3n) is 4.01. The summed E-state index contributed by atoms with van der Waals surface area (Å²) in [5, 5.41) is -0.0335. The summed E-state index contributed by atoms with van der Waals surface area (Å²) in [5.41, 5.74) is -0.473. The molecule has 29 heavy (non-hydrogen) atoms. The molecule has 0 radical (unpaired) electrons. The first-order valence-corrected chi connectivity index (χ1v) is 8.80. The number of ether oxygens (including phenoxy) is 4. The van der Waals surface area contributed by atoms with Crippen LogP contribution in [0, 0.1) is 0 Å². The van der Waals surface area contributed by atoms with Gasteiger partial charge in [0.2, 0.25) is 0 Å². The lowest BCUT2D eigenvalue weighted by atomic mass is 10.1. The molecule has 1 saturated heterocycles. The van der Waals surface area contributed by atoms with Crippen molar-refractivity contribution >= 4 is 40.7 Å². The van der Waals surface area contributed by atoms with Gasteiger partial charge in [-0.1, -0.05) is 11.6 Å². The molecular weight excluding hydrogens is 412 g/mol. The fourth-order valence-electron chi connectivity index (χ4n) is 3.00. The van der Waals surface area contributed by atoms with Crippen LogP contribution in [0.3, 0.4) is 0 Å². The number of nitrogens with zero attached hydrogens (tertiary/aromatic N) is 3. The molecule has 1 fully saturated rings. The van der Waals surface area contributed by atoms with E-state index in [1.165, 1.54) is 31.7 Å². The van der Waals surface area contributed by atoms with E-state index in [4.69, 9.17) is 30.5 Å². The molecule has 0 bridgehead atoms. The normalized spacial score (nSPS) is 23.7. The van der Waals surface area contributed by atoms with Crippen molar-refractivity contribution in [2.45, 2.75) is 45.3 Å². The fraction of sp³-hybridized carbons (Fsp3) is 0.500. The van der Waals surface area contributed by atoms with Gasteiger partial charge in [0.25, 0.3) is 0 Å². The predicted molar refractivity (Wildman–Crippen MR) is 94.8 cm³/mol. The Balaban J connectivity index is 2.05. The number of carbonyl (C=O) groups excluding carboxylic acids is 3. The molecule has 2 aromatic rings. The van der Waals surface area contributed by atoms with Crippen LogP contribution in [-0.4, -0.2) is 62.3 Å². The first-order chi connectivity index (χ1) is 13.7. The molecule has 0 aliphatic carbocycles. The van der Waals surface area contributed by atoms with Gasteiger partial charge in [0.1, 0.15) is 23.4 Å². The fourth-order valence-corrected chi connectivity index (χ4v) is 3.21. The Morgan fingerprint density at radius 2 is 1.83 bits per heavy atom. The van der Waals surface area contributed by atoms with Gasteiger partial charge in [-0.3, -0.25) is 23.9 Å². The second kappa shape index (κ2) is 8.17. The van der Waals surface area contributed by atoms with Crippen LogP contribution in [0.5, 0.6) is 0 Å². The van der Waals surface area contributed by atoms with Crippen LogP contribution in [0.4, 0.5) is 0 Å². The summed E-state index contributed by atoms with van der Waals surface area (Å²) in [6.45, 7) is 3.29. The summed E-state index contributed by atoms with van der Waals surface area (Å²) in [7, 11) is 0. The zero-order valence-corrected chi connectivity index (χ0v) is 16.3. The molecule has 12 nitrogen and oxygen atoms in total. The third kappa shape index (κ3) is 4.38. The highest BCUT2D eigenvalue weighted by Crippen LogP contribution is 2.36. The van der Waals surface area contributed by atoms with Crippen molar-refractivity contribution < 1.29 is 33.3 Å². The topological polar surface area (TPSA) is 152 Å². The number of aromatic nitrogens is 4. The Hall–Kier alpha value is -2.99. The molecule has 0 spiro atoms. The Morgan fingerprint density at radius 3 is 2.45 bits per heavy atom. The van der Waals surface area contributed by atoms with Gasteiger partial charge in [-0.15, -0.1) is 0 Å². The predicted octanol–water partition coefficient (Wildman–Crippen LogP) is 0.0969. The lowest BCUT2D eigenvalue weighted by molar-refractivity contribution is -0.166. The van der Waals surface area contributed by atoms with Crippen LogP contribution in [0.25, 0.3) is 11.2 Å². The summed E-state index contributed by atoms with van der Waals surface area (Å²) >= 11 is 5.99. The van der Waals surface area contributed by atoms with Gasteiger partial charge in [0.05, 0.1) is 6.33 Å². The zero-order valence-electron chi connectivity index (χ0n) is 15.6. The van der Waals surface area contributed by atoms with Crippen molar-refractivity contribution in [3.8, 4) is 0 Å². The van der Waals surface area contributed by atoms with E-state index in [0.717, 1.165) is 0 Å². The standard InChI is InChI=1S/C16H17ClN4O8/c1-6(22)26-4-9-11(27-7(2)23)12(28-8(3)24)15(29-9)21-5-18-10-13(17)19-16(25)20-14(10)21/h5,9,11-12,15H,4H2,1-3H3,(H,19,20,25)/t9-,11?,12+,15-/m1/s1.